The molecular formula is C19H36N6O6. The van der Waals surface area contributed by atoms with Crippen molar-refractivity contribution in [3.63, 3.8) is 0 Å². The molecule has 0 rings (SSSR count). The third-order valence-electron chi connectivity index (χ3n) is 4.53. The summed E-state index contributed by atoms with van der Waals surface area (Å²) in [5.74, 6) is -4.21. The normalized spacial score (nSPS) is 14.8. The zero-order valence-electron chi connectivity index (χ0n) is 18.3. The minimum Gasteiger partial charge on any atom is -0.480 e. The van der Waals surface area contributed by atoms with Gasteiger partial charge in [0.1, 0.15) is 18.1 Å². The Hall–Kier alpha value is -2.73. The second-order valence-corrected chi connectivity index (χ2v) is 7.77. The smallest absolute Gasteiger partial charge is 0.326 e. The van der Waals surface area contributed by atoms with Gasteiger partial charge in [-0.15, -0.1) is 0 Å². The fraction of sp³-hybridized carbons (Fsp3) is 0.737. The van der Waals surface area contributed by atoms with Crippen LogP contribution in [0.5, 0.6) is 0 Å². The van der Waals surface area contributed by atoms with Crippen molar-refractivity contribution in [2.24, 2.45) is 23.1 Å². The number of carbonyl (C=O) groups is 5. The van der Waals surface area contributed by atoms with Gasteiger partial charge in [0.2, 0.25) is 23.6 Å². The van der Waals surface area contributed by atoms with Gasteiger partial charge in [0.25, 0.3) is 0 Å². The molecule has 0 aromatic carbocycles. The Morgan fingerprint density at radius 3 is 1.87 bits per heavy atom. The van der Waals surface area contributed by atoms with E-state index in [0.29, 0.717) is 19.4 Å². The van der Waals surface area contributed by atoms with E-state index in [1.807, 2.05) is 0 Å². The molecule has 0 saturated heterocycles. The molecule has 10 N–H and O–H groups in total. The van der Waals surface area contributed by atoms with E-state index in [-0.39, 0.29) is 25.2 Å². The molecule has 0 aromatic heterocycles. The zero-order valence-corrected chi connectivity index (χ0v) is 18.3. The summed E-state index contributed by atoms with van der Waals surface area (Å²) in [6.45, 7) is 5.25. The number of aliphatic carboxylic acids is 1. The minimum absolute atomic E-state index is 0.131. The molecule has 0 heterocycles. The number of primary amides is 1. The lowest BCUT2D eigenvalue weighted by Gasteiger charge is -2.26. The first kappa shape index (κ1) is 28.3. The number of nitrogens with one attached hydrogen (secondary N) is 3. The van der Waals surface area contributed by atoms with Gasteiger partial charge >= 0.3 is 5.97 Å². The van der Waals surface area contributed by atoms with Gasteiger partial charge in [-0.25, -0.2) is 4.79 Å². The molecule has 0 spiro atoms. The Bertz CT molecular complexity index is 639. The van der Waals surface area contributed by atoms with Gasteiger partial charge in [0.15, 0.2) is 0 Å². The average Bonchev–Trinajstić information content (AvgIpc) is 2.67. The minimum atomic E-state index is -1.23. The van der Waals surface area contributed by atoms with Crippen LogP contribution in [0.3, 0.4) is 0 Å². The van der Waals surface area contributed by atoms with Crippen molar-refractivity contribution in [1.82, 2.24) is 16.0 Å². The highest BCUT2D eigenvalue weighted by atomic mass is 16.4. The quantitative estimate of drug-likeness (QED) is 0.139. The van der Waals surface area contributed by atoms with E-state index in [9.17, 15) is 29.1 Å². The Morgan fingerprint density at radius 1 is 0.839 bits per heavy atom. The Morgan fingerprint density at radius 2 is 1.42 bits per heavy atom. The molecule has 4 unspecified atom stereocenters. The molecule has 178 valence electrons. The molecule has 0 aliphatic heterocycles. The highest BCUT2D eigenvalue weighted by Crippen LogP contribution is 2.07. The maximum atomic E-state index is 12.7. The summed E-state index contributed by atoms with van der Waals surface area (Å²) in [7, 11) is 0. The molecule has 31 heavy (non-hydrogen) atoms. The Balaban J connectivity index is 5.38. The number of carboxylic acid groups (broad SMARTS) is 1. The summed E-state index contributed by atoms with van der Waals surface area (Å²) < 4.78 is 0. The molecular weight excluding hydrogens is 408 g/mol. The van der Waals surface area contributed by atoms with Crippen molar-refractivity contribution < 1.29 is 29.1 Å². The second-order valence-electron chi connectivity index (χ2n) is 7.77. The van der Waals surface area contributed by atoms with Crippen LogP contribution in [-0.2, 0) is 24.0 Å². The van der Waals surface area contributed by atoms with Crippen LogP contribution >= 0.6 is 0 Å². The summed E-state index contributed by atoms with van der Waals surface area (Å²) >= 11 is 0. The highest BCUT2D eigenvalue weighted by Gasteiger charge is 2.31. The van der Waals surface area contributed by atoms with Gasteiger partial charge in [-0.1, -0.05) is 13.8 Å². The fourth-order valence-electron chi connectivity index (χ4n) is 2.66. The van der Waals surface area contributed by atoms with Crippen LogP contribution in [-0.4, -0.2) is 65.4 Å². The van der Waals surface area contributed by atoms with Crippen LogP contribution in [0.25, 0.3) is 0 Å². The maximum Gasteiger partial charge on any atom is 0.326 e. The molecule has 0 aliphatic rings. The van der Waals surface area contributed by atoms with Crippen molar-refractivity contribution >= 4 is 29.6 Å². The first-order valence-electron chi connectivity index (χ1n) is 10.3. The van der Waals surface area contributed by atoms with Crippen LogP contribution in [0.2, 0.25) is 0 Å². The van der Waals surface area contributed by atoms with E-state index >= 15 is 0 Å². The molecule has 0 bridgehead atoms. The topological polar surface area (TPSA) is 220 Å². The summed E-state index contributed by atoms with van der Waals surface area (Å²) in [5.41, 5.74) is 16.1. The van der Waals surface area contributed by atoms with Crippen LogP contribution in [0.4, 0.5) is 0 Å². The van der Waals surface area contributed by atoms with Crippen LogP contribution < -0.4 is 33.2 Å². The summed E-state index contributed by atoms with van der Waals surface area (Å²) in [4.78, 5) is 60.0. The van der Waals surface area contributed by atoms with Crippen molar-refractivity contribution in [2.75, 3.05) is 6.54 Å². The maximum absolute atomic E-state index is 12.7. The van der Waals surface area contributed by atoms with Gasteiger partial charge in [0.05, 0.1) is 6.04 Å². The van der Waals surface area contributed by atoms with E-state index in [0.717, 1.165) is 0 Å². The van der Waals surface area contributed by atoms with Crippen molar-refractivity contribution in [1.29, 1.82) is 0 Å². The molecule has 4 amide bonds. The van der Waals surface area contributed by atoms with Crippen molar-refractivity contribution in [3.8, 4) is 0 Å². The number of hydrogen-bond donors (Lipinski definition) is 7. The number of carbonyl (C=O) groups excluding carboxylic acids is 4. The predicted octanol–water partition coefficient (Wildman–Crippen LogP) is -2.08. The molecule has 12 heteroatoms. The van der Waals surface area contributed by atoms with Gasteiger partial charge in [-0.3, -0.25) is 19.2 Å². The number of amides is 4. The van der Waals surface area contributed by atoms with Crippen LogP contribution in [0.1, 0.15) is 52.9 Å². The van der Waals surface area contributed by atoms with E-state index in [4.69, 9.17) is 17.2 Å². The number of unbranched alkanes of at least 4 members (excludes halogenated alkanes) is 1. The SMILES string of the molecule is CC(N)C(=O)NC(C(=O)NC(CCC(N)=O)C(=O)NC(CCCCN)C(=O)O)C(C)C. The van der Waals surface area contributed by atoms with Gasteiger partial charge in [-0.05, 0) is 45.1 Å². The predicted molar refractivity (Wildman–Crippen MR) is 113 cm³/mol. The number of rotatable bonds is 15. The zero-order chi connectivity index (χ0) is 24.1. The van der Waals surface area contributed by atoms with E-state index in [2.05, 4.69) is 16.0 Å². The van der Waals surface area contributed by atoms with E-state index < -0.39 is 53.8 Å². The van der Waals surface area contributed by atoms with E-state index in [1.54, 1.807) is 13.8 Å². The number of hydrogen-bond acceptors (Lipinski definition) is 7. The molecule has 12 nitrogen and oxygen atoms in total. The first-order valence-corrected chi connectivity index (χ1v) is 10.3. The van der Waals surface area contributed by atoms with Crippen molar-refractivity contribution in [2.45, 2.75) is 77.0 Å². The number of carboxylic acids is 1. The van der Waals surface area contributed by atoms with Crippen LogP contribution in [0, 0.1) is 5.92 Å². The Labute approximate surface area is 182 Å². The lowest BCUT2D eigenvalue weighted by atomic mass is 10.0. The standard InChI is InChI=1S/C19H36N6O6/c1-10(2)15(25-16(27)11(3)21)18(29)23-12(7-8-14(22)26)17(28)24-13(19(30)31)6-4-5-9-20/h10-13,15H,4-9,20-21H2,1-3H3,(H2,22,26)(H,23,29)(H,24,28)(H,25,27)(H,30,31). The molecule has 0 saturated carbocycles. The first-order chi connectivity index (χ1) is 14.4. The fourth-order valence-corrected chi connectivity index (χ4v) is 2.66. The number of nitrogens with two attached hydrogens (primary N) is 3. The summed E-state index contributed by atoms with van der Waals surface area (Å²) in [5, 5.41) is 16.7. The summed E-state index contributed by atoms with van der Waals surface area (Å²) in [6.07, 6.45) is 0.908. The third-order valence-corrected chi connectivity index (χ3v) is 4.53. The summed E-state index contributed by atoms with van der Waals surface area (Å²) in [6, 6.07) is -4.22. The van der Waals surface area contributed by atoms with Crippen LogP contribution in [0.15, 0.2) is 0 Å². The van der Waals surface area contributed by atoms with Crippen molar-refractivity contribution in [3.05, 3.63) is 0 Å². The van der Waals surface area contributed by atoms with E-state index in [1.165, 1.54) is 6.92 Å². The largest absolute Gasteiger partial charge is 0.480 e. The third kappa shape index (κ3) is 11.3. The second kappa shape index (κ2) is 14.3. The molecule has 4 atom stereocenters. The molecule has 0 aromatic rings. The van der Waals surface area contributed by atoms with Gasteiger partial charge in [0, 0.05) is 6.42 Å². The highest BCUT2D eigenvalue weighted by molar-refractivity contribution is 5.94. The lowest BCUT2D eigenvalue weighted by molar-refractivity contribution is -0.142. The molecule has 0 radical (unpaired) electrons. The lowest BCUT2D eigenvalue weighted by Crippen LogP contribution is -2.58. The van der Waals surface area contributed by atoms with Gasteiger partial charge in [-0.2, -0.15) is 0 Å². The average molecular weight is 445 g/mol. The molecule has 0 fully saturated rings. The van der Waals surface area contributed by atoms with Gasteiger partial charge < -0.3 is 38.3 Å². The molecule has 0 aliphatic carbocycles. The Kier molecular flexibility index (Phi) is 13.0. The monoisotopic (exact) mass is 444 g/mol.